The minimum atomic E-state index is -0.168. The molecule has 24 heavy (non-hydrogen) atoms. The van der Waals surface area contributed by atoms with Crippen LogP contribution in [0.5, 0.6) is 5.75 Å². The molecule has 1 N–H and O–H groups in total. The van der Waals surface area contributed by atoms with Crippen molar-refractivity contribution in [3.8, 4) is 5.75 Å². The highest BCUT2D eigenvalue weighted by molar-refractivity contribution is 6.30. The number of amides is 1. The highest BCUT2D eigenvalue weighted by atomic mass is 35.5. The Morgan fingerprint density at radius 3 is 2.88 bits per heavy atom. The quantitative estimate of drug-likeness (QED) is 0.900. The molecule has 1 aliphatic rings. The maximum Gasteiger partial charge on any atom is 0.287 e. The Balaban J connectivity index is 1.52. The molecule has 0 aliphatic carbocycles. The summed E-state index contributed by atoms with van der Waals surface area (Å²) >= 11 is 5.91. The number of furan rings is 1. The van der Waals surface area contributed by atoms with E-state index in [9.17, 15) is 4.79 Å². The molecule has 5 nitrogen and oxygen atoms in total. The van der Waals surface area contributed by atoms with E-state index in [4.69, 9.17) is 20.8 Å². The monoisotopic (exact) mass is 348 g/mol. The standard InChI is InChI=1S/C18H21ClN2O3/c1-21-9-7-14(8-10-21)20-18(22)17-6-5-16(24-17)12-23-15-4-2-3-13(19)11-15/h2-6,11,14H,7-10,12H2,1H3,(H,20,22). The molecule has 1 fully saturated rings. The van der Waals surface area contributed by atoms with Crippen LogP contribution in [0, 0.1) is 0 Å². The highest BCUT2D eigenvalue weighted by Crippen LogP contribution is 2.19. The molecule has 0 unspecified atom stereocenters. The van der Waals surface area contributed by atoms with Crippen molar-refractivity contribution in [2.45, 2.75) is 25.5 Å². The summed E-state index contributed by atoms with van der Waals surface area (Å²) in [6.07, 6.45) is 1.93. The van der Waals surface area contributed by atoms with Crippen molar-refractivity contribution in [1.82, 2.24) is 10.2 Å². The molecule has 0 saturated carbocycles. The van der Waals surface area contributed by atoms with Crippen molar-refractivity contribution in [2.24, 2.45) is 0 Å². The van der Waals surface area contributed by atoms with Crippen LogP contribution in [0.2, 0.25) is 5.02 Å². The Hall–Kier alpha value is -1.98. The Morgan fingerprint density at radius 1 is 1.33 bits per heavy atom. The zero-order chi connectivity index (χ0) is 16.9. The summed E-state index contributed by atoms with van der Waals surface area (Å²) < 4.78 is 11.2. The fourth-order valence-corrected chi connectivity index (χ4v) is 2.88. The largest absolute Gasteiger partial charge is 0.486 e. The van der Waals surface area contributed by atoms with Crippen LogP contribution in [0.15, 0.2) is 40.8 Å². The van der Waals surface area contributed by atoms with Crippen molar-refractivity contribution in [3.05, 3.63) is 52.9 Å². The van der Waals surface area contributed by atoms with Crippen molar-refractivity contribution < 1.29 is 13.9 Å². The van der Waals surface area contributed by atoms with Crippen LogP contribution in [-0.4, -0.2) is 37.0 Å². The first-order valence-electron chi connectivity index (χ1n) is 8.06. The molecule has 2 aromatic rings. The SMILES string of the molecule is CN1CCC(NC(=O)c2ccc(COc3cccc(Cl)c3)o2)CC1. The summed E-state index contributed by atoms with van der Waals surface area (Å²) in [6, 6.07) is 10.8. The number of nitrogens with one attached hydrogen (secondary N) is 1. The number of benzene rings is 1. The van der Waals surface area contributed by atoms with Crippen LogP contribution in [-0.2, 0) is 6.61 Å². The summed E-state index contributed by atoms with van der Waals surface area (Å²) in [6.45, 7) is 2.26. The Kier molecular flexibility index (Phi) is 5.43. The number of carbonyl (C=O) groups is 1. The number of piperidine rings is 1. The number of rotatable bonds is 5. The van der Waals surface area contributed by atoms with Gasteiger partial charge >= 0.3 is 0 Å². The van der Waals surface area contributed by atoms with E-state index in [0.29, 0.717) is 22.3 Å². The Morgan fingerprint density at radius 2 is 2.12 bits per heavy atom. The molecule has 0 spiro atoms. The Labute approximate surface area is 146 Å². The van der Waals surface area contributed by atoms with Crippen molar-refractivity contribution >= 4 is 17.5 Å². The van der Waals surface area contributed by atoms with Crippen molar-refractivity contribution in [2.75, 3.05) is 20.1 Å². The molecule has 0 bridgehead atoms. The summed E-state index contributed by atoms with van der Waals surface area (Å²) in [7, 11) is 2.09. The average molecular weight is 349 g/mol. The second kappa shape index (κ2) is 7.73. The lowest BCUT2D eigenvalue weighted by molar-refractivity contribution is 0.0884. The second-order valence-corrected chi connectivity index (χ2v) is 6.50. The first-order valence-corrected chi connectivity index (χ1v) is 8.44. The zero-order valence-electron chi connectivity index (χ0n) is 13.6. The minimum Gasteiger partial charge on any atom is -0.486 e. The maximum atomic E-state index is 12.2. The summed E-state index contributed by atoms with van der Waals surface area (Å²) in [4.78, 5) is 14.5. The molecule has 2 heterocycles. The van der Waals surface area contributed by atoms with Gasteiger partial charge in [0, 0.05) is 11.1 Å². The third-order valence-corrected chi connectivity index (χ3v) is 4.35. The summed E-state index contributed by atoms with van der Waals surface area (Å²) in [5.74, 6) is 1.41. The second-order valence-electron chi connectivity index (χ2n) is 6.06. The van der Waals surface area contributed by atoms with Crippen LogP contribution in [0.3, 0.4) is 0 Å². The number of nitrogens with zero attached hydrogens (tertiary/aromatic N) is 1. The van der Waals surface area contributed by atoms with Crippen LogP contribution >= 0.6 is 11.6 Å². The molecule has 1 aromatic heterocycles. The van der Waals surface area contributed by atoms with Gasteiger partial charge < -0.3 is 19.4 Å². The van der Waals surface area contributed by atoms with E-state index in [1.54, 1.807) is 24.3 Å². The average Bonchev–Trinajstić information content (AvgIpc) is 3.04. The van der Waals surface area contributed by atoms with E-state index in [0.717, 1.165) is 25.9 Å². The number of hydrogen-bond donors (Lipinski definition) is 1. The lowest BCUT2D eigenvalue weighted by Crippen LogP contribution is -2.43. The number of hydrogen-bond acceptors (Lipinski definition) is 4. The molecule has 0 atom stereocenters. The van der Waals surface area contributed by atoms with Gasteiger partial charge in [0.15, 0.2) is 5.76 Å². The lowest BCUT2D eigenvalue weighted by Gasteiger charge is -2.29. The predicted molar refractivity (Wildman–Crippen MR) is 92.5 cm³/mol. The molecule has 1 aromatic carbocycles. The van der Waals surface area contributed by atoms with Gasteiger partial charge in [-0.3, -0.25) is 4.79 Å². The van der Waals surface area contributed by atoms with E-state index in [1.807, 2.05) is 12.1 Å². The van der Waals surface area contributed by atoms with E-state index in [2.05, 4.69) is 17.3 Å². The van der Waals surface area contributed by atoms with Gasteiger partial charge in [0.2, 0.25) is 0 Å². The van der Waals surface area contributed by atoms with E-state index in [1.165, 1.54) is 0 Å². The number of ether oxygens (including phenoxy) is 1. The van der Waals surface area contributed by atoms with Crippen molar-refractivity contribution in [3.63, 3.8) is 0 Å². The van der Waals surface area contributed by atoms with E-state index < -0.39 is 0 Å². The molecular weight excluding hydrogens is 328 g/mol. The van der Waals surface area contributed by atoms with Crippen LogP contribution < -0.4 is 10.1 Å². The molecule has 1 saturated heterocycles. The molecule has 1 aliphatic heterocycles. The van der Waals surface area contributed by atoms with Crippen molar-refractivity contribution in [1.29, 1.82) is 0 Å². The van der Waals surface area contributed by atoms with Gasteiger partial charge in [-0.05, 0) is 63.3 Å². The number of likely N-dealkylation sites (tertiary alicyclic amines) is 1. The highest BCUT2D eigenvalue weighted by Gasteiger charge is 2.20. The van der Waals surface area contributed by atoms with Gasteiger partial charge in [0.25, 0.3) is 5.91 Å². The number of carbonyl (C=O) groups excluding carboxylic acids is 1. The third kappa shape index (κ3) is 4.52. The predicted octanol–water partition coefficient (Wildman–Crippen LogP) is 3.34. The normalized spacial score (nSPS) is 16.1. The zero-order valence-corrected chi connectivity index (χ0v) is 14.4. The van der Waals surface area contributed by atoms with Crippen LogP contribution in [0.1, 0.15) is 29.2 Å². The van der Waals surface area contributed by atoms with Gasteiger partial charge in [-0.1, -0.05) is 17.7 Å². The molecule has 6 heteroatoms. The maximum absolute atomic E-state index is 12.2. The first kappa shape index (κ1) is 16.9. The lowest BCUT2D eigenvalue weighted by atomic mass is 10.1. The van der Waals surface area contributed by atoms with E-state index >= 15 is 0 Å². The summed E-state index contributed by atoms with van der Waals surface area (Å²) in [5, 5.41) is 3.65. The molecule has 3 rings (SSSR count). The third-order valence-electron chi connectivity index (χ3n) is 4.12. The summed E-state index contributed by atoms with van der Waals surface area (Å²) in [5.41, 5.74) is 0. The van der Waals surface area contributed by atoms with Gasteiger partial charge in [0.05, 0.1) is 0 Å². The molecule has 1 amide bonds. The van der Waals surface area contributed by atoms with Gasteiger partial charge in [-0.2, -0.15) is 0 Å². The smallest absolute Gasteiger partial charge is 0.287 e. The van der Waals surface area contributed by atoms with Gasteiger partial charge in [-0.25, -0.2) is 0 Å². The first-order chi connectivity index (χ1) is 11.6. The van der Waals surface area contributed by atoms with Gasteiger partial charge in [0.1, 0.15) is 18.1 Å². The molecular formula is C18H21ClN2O3. The fourth-order valence-electron chi connectivity index (χ4n) is 2.70. The van der Waals surface area contributed by atoms with Crippen LogP contribution in [0.25, 0.3) is 0 Å². The topological polar surface area (TPSA) is 54.7 Å². The fraction of sp³-hybridized carbons (Fsp3) is 0.389. The minimum absolute atomic E-state index is 0.168. The Bertz CT molecular complexity index is 693. The molecule has 128 valence electrons. The molecule has 0 radical (unpaired) electrons. The number of halogens is 1. The van der Waals surface area contributed by atoms with E-state index in [-0.39, 0.29) is 18.6 Å². The van der Waals surface area contributed by atoms with Gasteiger partial charge in [-0.15, -0.1) is 0 Å². The van der Waals surface area contributed by atoms with Crippen LogP contribution in [0.4, 0.5) is 0 Å².